The van der Waals surface area contributed by atoms with Crippen molar-refractivity contribution < 1.29 is 4.74 Å². The van der Waals surface area contributed by atoms with Crippen LogP contribution in [0.5, 0.6) is 11.5 Å². The number of hydrazine groups is 1. The normalized spacial score (nSPS) is 17.1. The van der Waals surface area contributed by atoms with Crippen LogP contribution < -0.4 is 9.75 Å². The standard InChI is InChI=1S/C35H32N4O/c1-35(2,3)25-18-19-36-34(20-25)39-32-15-8-6-13-29(32)30-17-16-28(22-33(30)39)40-27-12-9-11-26(21-27)38-23-24-10-5-7-14-31(24)37(38)4/h5-23,31H,1-4H3. The lowest BCUT2D eigenvalue weighted by atomic mass is 9.88. The zero-order valence-corrected chi connectivity index (χ0v) is 23.2. The number of aromatic nitrogens is 2. The first-order chi connectivity index (χ1) is 19.4. The molecule has 0 bridgehead atoms. The molecule has 0 spiro atoms. The molecule has 2 aromatic heterocycles. The maximum atomic E-state index is 6.48. The molecule has 0 saturated carbocycles. The van der Waals surface area contributed by atoms with E-state index in [1.165, 1.54) is 21.9 Å². The van der Waals surface area contributed by atoms with E-state index in [0.29, 0.717) is 0 Å². The van der Waals surface area contributed by atoms with E-state index in [9.17, 15) is 0 Å². The highest BCUT2D eigenvalue weighted by Crippen LogP contribution is 2.37. The minimum atomic E-state index is 0.0272. The van der Waals surface area contributed by atoms with Crippen molar-refractivity contribution in [2.45, 2.75) is 32.2 Å². The van der Waals surface area contributed by atoms with Gasteiger partial charge in [0, 0.05) is 42.3 Å². The van der Waals surface area contributed by atoms with Gasteiger partial charge in [0.1, 0.15) is 17.3 Å². The molecule has 40 heavy (non-hydrogen) atoms. The van der Waals surface area contributed by atoms with Crippen LogP contribution in [0.25, 0.3) is 27.6 Å². The van der Waals surface area contributed by atoms with Crippen LogP contribution in [0, 0.1) is 0 Å². The van der Waals surface area contributed by atoms with Crippen LogP contribution in [0.4, 0.5) is 5.69 Å². The van der Waals surface area contributed by atoms with Gasteiger partial charge in [-0.2, -0.15) is 0 Å². The quantitative estimate of drug-likeness (QED) is 0.237. The van der Waals surface area contributed by atoms with E-state index in [2.05, 4.69) is 140 Å². The molecular weight excluding hydrogens is 492 g/mol. The summed E-state index contributed by atoms with van der Waals surface area (Å²) >= 11 is 0. The van der Waals surface area contributed by atoms with E-state index >= 15 is 0 Å². The minimum absolute atomic E-state index is 0.0272. The van der Waals surface area contributed by atoms with E-state index in [1.807, 2.05) is 18.3 Å². The molecule has 1 aliphatic heterocycles. The molecule has 1 unspecified atom stereocenters. The van der Waals surface area contributed by atoms with Crippen molar-refractivity contribution in [1.82, 2.24) is 14.6 Å². The van der Waals surface area contributed by atoms with E-state index < -0.39 is 0 Å². The van der Waals surface area contributed by atoms with Crippen LogP contribution in [-0.4, -0.2) is 27.6 Å². The molecule has 0 N–H and O–H groups in total. The Morgan fingerprint density at radius 3 is 2.48 bits per heavy atom. The van der Waals surface area contributed by atoms with Crippen LogP contribution in [-0.2, 0) is 5.41 Å². The average Bonchev–Trinajstić information content (AvgIpc) is 3.47. The monoisotopic (exact) mass is 524 g/mol. The summed E-state index contributed by atoms with van der Waals surface area (Å²) in [4.78, 5) is 4.80. The summed E-state index contributed by atoms with van der Waals surface area (Å²) < 4.78 is 8.73. The first-order valence-electron chi connectivity index (χ1n) is 13.7. The van der Waals surface area contributed by atoms with Crippen LogP contribution in [0.3, 0.4) is 0 Å². The lowest BCUT2D eigenvalue weighted by molar-refractivity contribution is 0.339. The van der Waals surface area contributed by atoms with Gasteiger partial charge in [-0.25, -0.2) is 9.99 Å². The number of nitrogens with zero attached hydrogens (tertiary/aromatic N) is 4. The fourth-order valence-corrected chi connectivity index (χ4v) is 5.72. The van der Waals surface area contributed by atoms with E-state index in [4.69, 9.17) is 9.72 Å². The molecule has 5 aromatic rings. The molecular formula is C35H32N4O. The lowest BCUT2D eigenvalue weighted by Gasteiger charge is -2.29. The number of fused-ring (bicyclic) bond motifs is 4. The Morgan fingerprint density at radius 2 is 1.62 bits per heavy atom. The summed E-state index contributed by atoms with van der Waals surface area (Å²) in [5.74, 6) is 2.49. The number of allylic oxidation sites excluding steroid dienone is 2. The smallest absolute Gasteiger partial charge is 0.137 e. The Labute approximate surface area is 234 Å². The fraction of sp³-hybridized carbons (Fsp3) is 0.171. The predicted octanol–water partition coefficient (Wildman–Crippen LogP) is 8.31. The van der Waals surface area contributed by atoms with Gasteiger partial charge in [0.2, 0.25) is 0 Å². The van der Waals surface area contributed by atoms with Crippen molar-refractivity contribution in [3.05, 3.63) is 127 Å². The molecule has 3 aromatic carbocycles. The second-order valence-corrected chi connectivity index (χ2v) is 11.5. The van der Waals surface area contributed by atoms with Gasteiger partial charge in [-0.3, -0.25) is 9.58 Å². The topological polar surface area (TPSA) is 33.5 Å². The van der Waals surface area contributed by atoms with Gasteiger partial charge in [-0.05, 0) is 59.0 Å². The van der Waals surface area contributed by atoms with Gasteiger partial charge in [0.15, 0.2) is 0 Å². The Bertz CT molecular complexity index is 1850. The highest BCUT2D eigenvalue weighted by Gasteiger charge is 2.29. The first-order valence-corrected chi connectivity index (χ1v) is 13.7. The Kier molecular flexibility index (Phi) is 5.65. The number of para-hydroxylation sites is 1. The lowest BCUT2D eigenvalue weighted by Crippen LogP contribution is -2.37. The molecule has 1 atom stereocenters. The molecule has 198 valence electrons. The number of hydrogen-bond donors (Lipinski definition) is 0. The summed E-state index contributed by atoms with van der Waals surface area (Å²) in [6.45, 7) is 6.70. The zero-order chi connectivity index (χ0) is 27.4. The number of benzene rings is 3. The second-order valence-electron chi connectivity index (χ2n) is 11.5. The Hall–Kier alpha value is -4.61. The molecule has 0 saturated heterocycles. The average molecular weight is 525 g/mol. The third-order valence-electron chi connectivity index (χ3n) is 7.85. The van der Waals surface area contributed by atoms with Crippen LogP contribution in [0.15, 0.2) is 121 Å². The number of rotatable bonds is 4. The summed E-state index contributed by atoms with van der Waals surface area (Å²) in [7, 11) is 2.11. The second kappa shape index (κ2) is 9.25. The molecule has 7 rings (SSSR count). The largest absolute Gasteiger partial charge is 0.457 e. The van der Waals surface area contributed by atoms with Gasteiger partial charge >= 0.3 is 0 Å². The van der Waals surface area contributed by atoms with Gasteiger partial charge in [-0.1, -0.05) is 69.3 Å². The molecule has 1 aliphatic carbocycles. The Balaban J connectivity index is 1.28. The van der Waals surface area contributed by atoms with Gasteiger partial charge in [-0.15, -0.1) is 0 Å². The van der Waals surface area contributed by atoms with Gasteiger partial charge in [0.05, 0.1) is 22.8 Å². The maximum Gasteiger partial charge on any atom is 0.137 e. The minimum Gasteiger partial charge on any atom is -0.457 e. The molecule has 5 nitrogen and oxygen atoms in total. The van der Waals surface area contributed by atoms with Crippen molar-refractivity contribution >= 4 is 27.5 Å². The molecule has 2 aliphatic rings. The van der Waals surface area contributed by atoms with Crippen molar-refractivity contribution in [3.8, 4) is 17.3 Å². The van der Waals surface area contributed by atoms with Crippen molar-refractivity contribution in [3.63, 3.8) is 0 Å². The van der Waals surface area contributed by atoms with Crippen molar-refractivity contribution in [1.29, 1.82) is 0 Å². The molecule has 5 heteroatoms. The van der Waals surface area contributed by atoms with E-state index in [-0.39, 0.29) is 11.5 Å². The summed E-state index contributed by atoms with van der Waals surface area (Å²) in [5, 5.41) is 6.79. The number of hydrogen-bond acceptors (Lipinski definition) is 4. The molecule has 0 amide bonds. The predicted molar refractivity (Wildman–Crippen MR) is 164 cm³/mol. The highest BCUT2D eigenvalue weighted by molar-refractivity contribution is 6.09. The number of ether oxygens (including phenoxy) is 1. The van der Waals surface area contributed by atoms with Crippen LogP contribution in [0.2, 0.25) is 0 Å². The first kappa shape index (κ1) is 24.4. The highest BCUT2D eigenvalue weighted by atomic mass is 16.5. The molecule has 0 fully saturated rings. The zero-order valence-electron chi connectivity index (χ0n) is 23.2. The summed E-state index contributed by atoms with van der Waals surface area (Å²) in [5.41, 5.74) is 5.81. The number of pyridine rings is 1. The van der Waals surface area contributed by atoms with Crippen molar-refractivity contribution in [2.24, 2.45) is 0 Å². The maximum absolute atomic E-state index is 6.48. The van der Waals surface area contributed by atoms with E-state index in [0.717, 1.165) is 34.0 Å². The fourth-order valence-electron chi connectivity index (χ4n) is 5.72. The number of anilines is 1. The Morgan fingerprint density at radius 1 is 0.800 bits per heavy atom. The van der Waals surface area contributed by atoms with Crippen LogP contribution in [0.1, 0.15) is 26.3 Å². The third kappa shape index (κ3) is 4.10. The van der Waals surface area contributed by atoms with E-state index in [1.54, 1.807) is 0 Å². The summed E-state index contributed by atoms with van der Waals surface area (Å²) in [6, 6.07) is 27.7. The molecule has 3 heterocycles. The third-order valence-corrected chi connectivity index (χ3v) is 7.85. The van der Waals surface area contributed by atoms with Gasteiger partial charge in [0.25, 0.3) is 0 Å². The molecule has 0 radical (unpaired) electrons. The summed E-state index contributed by atoms with van der Waals surface area (Å²) in [6.07, 6.45) is 12.7. The van der Waals surface area contributed by atoms with Crippen LogP contribution >= 0.6 is 0 Å². The SMILES string of the molecule is CN1C2C=CC=CC2=CN1c1cccc(Oc2ccc3c4ccccc4n(-c4cc(C(C)(C)C)ccn4)c3c2)c1. The van der Waals surface area contributed by atoms with Crippen molar-refractivity contribution in [2.75, 3.05) is 12.1 Å². The number of likely N-dealkylation sites (N-methyl/N-ethyl adjacent to an activating group) is 1. The van der Waals surface area contributed by atoms with Gasteiger partial charge < -0.3 is 4.74 Å².